The van der Waals surface area contributed by atoms with Crippen molar-refractivity contribution in [1.82, 2.24) is 0 Å². The van der Waals surface area contributed by atoms with Crippen molar-refractivity contribution in [3.05, 3.63) is 29.8 Å². The monoisotopic (exact) mass is 327 g/mol. The summed E-state index contributed by atoms with van der Waals surface area (Å²) in [5.41, 5.74) is 1.20. The summed E-state index contributed by atoms with van der Waals surface area (Å²) in [4.78, 5) is 10.6. The molecular weight excluding hydrogens is 297 g/mol. The van der Waals surface area contributed by atoms with E-state index in [0.717, 1.165) is 18.7 Å². The van der Waals surface area contributed by atoms with Gasteiger partial charge in [-0.25, -0.2) is 0 Å². The van der Waals surface area contributed by atoms with E-state index in [9.17, 15) is 9.90 Å². The molecule has 124 valence electrons. The minimum Gasteiger partial charge on any atom is -0.545 e. The van der Waals surface area contributed by atoms with Gasteiger partial charge >= 0.3 is 29.6 Å². The van der Waals surface area contributed by atoms with Gasteiger partial charge in [0, 0.05) is 12.2 Å². The van der Waals surface area contributed by atoms with Crippen LogP contribution in [-0.2, 0) is 0 Å². The summed E-state index contributed by atoms with van der Waals surface area (Å²) in [7, 11) is 0. The third kappa shape index (κ3) is 11.6. The van der Waals surface area contributed by atoms with Gasteiger partial charge in [-0.3, -0.25) is 0 Å². The zero-order valence-electron chi connectivity index (χ0n) is 14.9. The van der Waals surface area contributed by atoms with E-state index >= 15 is 0 Å². The molecule has 4 heteroatoms. The Bertz CT molecular complexity index is 406. The standard InChI is InChI=1S/C19H31NO2.Na/c1-2-3-4-5-6-7-8-9-10-11-16-20-18-14-12-17(13-15-18)19(21)22;/h12-15,20H,2-11,16H2,1H3,(H,21,22);/q;+1/p-1. The van der Waals surface area contributed by atoms with Crippen LogP contribution in [0.4, 0.5) is 5.69 Å². The number of carbonyl (C=O) groups is 1. The van der Waals surface area contributed by atoms with E-state index in [1.165, 1.54) is 57.8 Å². The number of aromatic carboxylic acids is 1. The number of hydrogen-bond acceptors (Lipinski definition) is 3. The number of rotatable bonds is 13. The molecule has 0 spiro atoms. The van der Waals surface area contributed by atoms with Crippen molar-refractivity contribution in [3.63, 3.8) is 0 Å². The van der Waals surface area contributed by atoms with Crippen LogP contribution < -0.4 is 40.0 Å². The first-order valence-corrected chi connectivity index (χ1v) is 8.79. The molecule has 3 nitrogen and oxygen atoms in total. The second-order valence-corrected chi connectivity index (χ2v) is 5.97. The first-order chi connectivity index (χ1) is 10.7. The zero-order chi connectivity index (χ0) is 16.0. The molecule has 0 atom stereocenters. The molecule has 1 aromatic carbocycles. The van der Waals surface area contributed by atoms with Gasteiger partial charge in [0.25, 0.3) is 0 Å². The van der Waals surface area contributed by atoms with E-state index in [4.69, 9.17) is 0 Å². The van der Waals surface area contributed by atoms with Crippen LogP contribution in [0.2, 0.25) is 0 Å². The summed E-state index contributed by atoms with van der Waals surface area (Å²) in [5, 5.41) is 14.0. The minimum absolute atomic E-state index is 0. The Morgan fingerprint density at radius 3 is 1.83 bits per heavy atom. The van der Waals surface area contributed by atoms with Crippen LogP contribution in [0.5, 0.6) is 0 Å². The number of hydrogen-bond donors (Lipinski definition) is 1. The van der Waals surface area contributed by atoms with Crippen LogP contribution in [-0.4, -0.2) is 12.5 Å². The quantitative estimate of drug-likeness (QED) is 0.440. The topological polar surface area (TPSA) is 52.2 Å². The van der Waals surface area contributed by atoms with Gasteiger partial charge in [-0.05, 0) is 24.1 Å². The minimum atomic E-state index is -1.12. The molecule has 1 aromatic rings. The second kappa shape index (κ2) is 15.0. The average molecular weight is 327 g/mol. The maximum atomic E-state index is 10.6. The van der Waals surface area contributed by atoms with Gasteiger partial charge in [0.1, 0.15) is 0 Å². The fraction of sp³-hybridized carbons (Fsp3) is 0.632. The zero-order valence-corrected chi connectivity index (χ0v) is 16.9. The average Bonchev–Trinajstić information content (AvgIpc) is 2.53. The molecule has 0 unspecified atom stereocenters. The van der Waals surface area contributed by atoms with E-state index in [1.54, 1.807) is 24.3 Å². The molecule has 0 bridgehead atoms. The van der Waals surface area contributed by atoms with Crippen LogP contribution in [0, 0.1) is 0 Å². The van der Waals surface area contributed by atoms with Crippen molar-refractivity contribution in [2.75, 3.05) is 11.9 Å². The van der Waals surface area contributed by atoms with Crippen molar-refractivity contribution in [2.24, 2.45) is 0 Å². The molecule has 0 aromatic heterocycles. The van der Waals surface area contributed by atoms with Crippen LogP contribution in [0.3, 0.4) is 0 Å². The summed E-state index contributed by atoms with van der Waals surface area (Å²) in [6.45, 7) is 3.20. The van der Waals surface area contributed by atoms with Crippen molar-refractivity contribution in [2.45, 2.75) is 71.1 Å². The van der Waals surface area contributed by atoms with Crippen molar-refractivity contribution in [3.8, 4) is 0 Å². The number of carbonyl (C=O) groups excluding carboxylic acids is 1. The summed E-state index contributed by atoms with van der Waals surface area (Å²) >= 11 is 0. The summed E-state index contributed by atoms with van der Waals surface area (Å²) in [6.07, 6.45) is 13.4. The molecule has 0 aliphatic carbocycles. The molecule has 0 amide bonds. The maximum Gasteiger partial charge on any atom is 1.00 e. The Balaban J connectivity index is 0.00000484. The number of anilines is 1. The maximum absolute atomic E-state index is 10.6. The Morgan fingerprint density at radius 1 is 0.870 bits per heavy atom. The third-order valence-electron chi connectivity index (χ3n) is 3.98. The fourth-order valence-corrected chi connectivity index (χ4v) is 2.57. The van der Waals surface area contributed by atoms with Gasteiger partial charge in [-0.2, -0.15) is 0 Å². The number of nitrogens with one attached hydrogen (secondary N) is 1. The van der Waals surface area contributed by atoms with E-state index in [-0.39, 0.29) is 35.1 Å². The third-order valence-corrected chi connectivity index (χ3v) is 3.98. The molecule has 0 saturated heterocycles. The summed E-state index contributed by atoms with van der Waals surface area (Å²) < 4.78 is 0. The van der Waals surface area contributed by atoms with Gasteiger partial charge in [0.15, 0.2) is 0 Å². The molecule has 23 heavy (non-hydrogen) atoms. The van der Waals surface area contributed by atoms with Gasteiger partial charge in [0.2, 0.25) is 0 Å². The van der Waals surface area contributed by atoms with Crippen LogP contribution in [0.1, 0.15) is 81.5 Å². The molecule has 1 N–H and O–H groups in total. The van der Waals surface area contributed by atoms with Crippen LogP contribution in [0.15, 0.2) is 24.3 Å². The molecule has 0 aliphatic rings. The molecule has 0 radical (unpaired) electrons. The van der Waals surface area contributed by atoms with Crippen LogP contribution >= 0.6 is 0 Å². The molecule has 0 fully saturated rings. The van der Waals surface area contributed by atoms with Gasteiger partial charge < -0.3 is 15.2 Å². The van der Waals surface area contributed by atoms with Gasteiger partial charge in [-0.1, -0.05) is 76.8 Å². The molecule has 0 heterocycles. The van der Waals surface area contributed by atoms with Crippen molar-refractivity contribution in [1.29, 1.82) is 0 Å². The Morgan fingerprint density at radius 2 is 1.35 bits per heavy atom. The predicted octanol–water partition coefficient (Wildman–Crippen LogP) is 1.39. The second-order valence-electron chi connectivity index (χ2n) is 5.97. The largest absolute Gasteiger partial charge is 1.00 e. The number of unbranched alkanes of at least 4 members (excludes halogenated alkanes) is 9. The molecular formula is C19H30NNaO2. The summed E-state index contributed by atoms with van der Waals surface area (Å²) in [6, 6.07) is 6.75. The number of carboxylic acid groups (broad SMARTS) is 1. The first-order valence-electron chi connectivity index (χ1n) is 8.79. The van der Waals surface area contributed by atoms with E-state index in [1.807, 2.05) is 0 Å². The van der Waals surface area contributed by atoms with E-state index < -0.39 is 5.97 Å². The first kappa shape index (κ1) is 22.5. The smallest absolute Gasteiger partial charge is 0.545 e. The van der Waals surface area contributed by atoms with E-state index in [0.29, 0.717) is 0 Å². The Kier molecular flexibility index (Phi) is 14.7. The fourth-order valence-electron chi connectivity index (χ4n) is 2.57. The number of carboxylic acids is 1. The Labute approximate surface area is 163 Å². The molecule has 0 saturated carbocycles. The van der Waals surface area contributed by atoms with Crippen LogP contribution in [0.25, 0.3) is 0 Å². The predicted molar refractivity (Wildman–Crippen MR) is 91.1 cm³/mol. The van der Waals surface area contributed by atoms with Crippen molar-refractivity contribution >= 4 is 11.7 Å². The Hall–Kier alpha value is -0.510. The molecule has 1 rings (SSSR count). The summed E-state index contributed by atoms with van der Waals surface area (Å²) in [5.74, 6) is -1.12. The normalized spacial score (nSPS) is 10.1. The SMILES string of the molecule is CCCCCCCCCCCCNc1ccc(C(=O)[O-])cc1.[Na+]. The van der Waals surface area contributed by atoms with Gasteiger partial charge in [-0.15, -0.1) is 0 Å². The van der Waals surface area contributed by atoms with Crippen molar-refractivity contribution < 1.29 is 39.5 Å². The van der Waals surface area contributed by atoms with Gasteiger partial charge in [0.05, 0.1) is 5.97 Å². The molecule has 0 aliphatic heterocycles. The number of benzene rings is 1. The van der Waals surface area contributed by atoms with E-state index in [2.05, 4.69) is 12.2 Å².